The normalized spacial score (nSPS) is 21.5. The molecule has 3 heterocycles. The van der Waals surface area contributed by atoms with Crippen molar-refractivity contribution in [2.24, 2.45) is 5.41 Å². The van der Waals surface area contributed by atoms with Gasteiger partial charge in [0.05, 0.1) is 6.54 Å². The molecule has 1 aromatic carbocycles. The minimum atomic E-state index is -0.138. The zero-order valence-corrected chi connectivity index (χ0v) is 15.3. The van der Waals surface area contributed by atoms with Crippen molar-refractivity contribution in [1.29, 1.82) is 0 Å². The second-order valence-electron chi connectivity index (χ2n) is 7.91. The minimum Gasteiger partial charge on any atom is -0.341 e. The minimum absolute atomic E-state index is 0.0385. The number of hydrogen-bond acceptors (Lipinski definition) is 3. The van der Waals surface area contributed by atoms with Crippen LogP contribution in [0.5, 0.6) is 0 Å². The zero-order chi connectivity index (χ0) is 18.0. The number of benzene rings is 1. The molecule has 0 atom stereocenters. The van der Waals surface area contributed by atoms with Crippen molar-refractivity contribution >= 4 is 11.9 Å². The Bertz CT molecular complexity index is 674. The fraction of sp³-hybridized carbons (Fsp3) is 0.600. The first-order valence-electron chi connectivity index (χ1n) is 9.73. The molecule has 3 aliphatic heterocycles. The summed E-state index contributed by atoms with van der Waals surface area (Å²) in [7, 11) is 0. The second-order valence-corrected chi connectivity index (χ2v) is 7.91. The van der Waals surface area contributed by atoms with Gasteiger partial charge in [-0.3, -0.25) is 4.79 Å². The van der Waals surface area contributed by atoms with Crippen molar-refractivity contribution in [3.8, 4) is 0 Å². The fourth-order valence-electron chi connectivity index (χ4n) is 4.50. The summed E-state index contributed by atoms with van der Waals surface area (Å²) in [5.74, 6) is 0.0385. The maximum atomic E-state index is 12.5. The molecule has 2 fully saturated rings. The summed E-state index contributed by atoms with van der Waals surface area (Å²) in [6, 6.07) is 8.10. The van der Waals surface area contributed by atoms with Crippen molar-refractivity contribution in [2.45, 2.75) is 32.2 Å². The van der Waals surface area contributed by atoms with Crippen LogP contribution in [0.4, 0.5) is 4.79 Å². The number of hydrogen-bond donors (Lipinski definition) is 2. The van der Waals surface area contributed by atoms with E-state index in [9.17, 15) is 9.59 Å². The predicted molar refractivity (Wildman–Crippen MR) is 99.7 cm³/mol. The lowest BCUT2D eigenvalue weighted by Gasteiger charge is -2.39. The molecule has 0 radical (unpaired) electrons. The number of likely N-dealkylation sites (tertiary alicyclic amines) is 1. The van der Waals surface area contributed by atoms with E-state index >= 15 is 0 Å². The highest BCUT2D eigenvalue weighted by atomic mass is 16.2. The summed E-state index contributed by atoms with van der Waals surface area (Å²) in [6.07, 6.45) is 4.24. The molecule has 0 unspecified atom stereocenters. The van der Waals surface area contributed by atoms with Crippen LogP contribution in [0.25, 0.3) is 0 Å². The molecule has 0 aromatic heterocycles. The van der Waals surface area contributed by atoms with Crippen LogP contribution < -0.4 is 10.6 Å². The van der Waals surface area contributed by atoms with Gasteiger partial charge in [-0.25, -0.2) is 4.79 Å². The van der Waals surface area contributed by atoms with Crippen molar-refractivity contribution in [2.75, 3.05) is 39.3 Å². The van der Waals surface area contributed by atoms with E-state index in [0.717, 1.165) is 45.4 Å². The lowest BCUT2D eigenvalue weighted by atomic mass is 9.78. The van der Waals surface area contributed by atoms with Crippen LogP contribution in [-0.4, -0.2) is 61.0 Å². The average Bonchev–Trinajstić information content (AvgIpc) is 3.14. The standard InChI is InChI=1S/C20H28N4O2/c25-18(23-11-7-20(8-12-23)6-9-21-15-20)13-22-19(26)24-10-5-16-3-1-2-4-17(16)14-24/h1-4,21H,5-15H2,(H,22,26). The van der Waals surface area contributed by atoms with Crippen LogP contribution in [0.2, 0.25) is 0 Å². The van der Waals surface area contributed by atoms with Crippen LogP contribution in [0.15, 0.2) is 24.3 Å². The number of amides is 3. The highest BCUT2D eigenvalue weighted by Crippen LogP contribution is 2.36. The van der Waals surface area contributed by atoms with Crippen LogP contribution in [0, 0.1) is 5.41 Å². The molecule has 2 saturated heterocycles. The molecular formula is C20H28N4O2. The highest BCUT2D eigenvalue weighted by molar-refractivity contribution is 5.84. The molecule has 2 N–H and O–H groups in total. The number of rotatable bonds is 2. The van der Waals surface area contributed by atoms with Gasteiger partial charge in [-0.2, -0.15) is 0 Å². The Morgan fingerprint density at radius 3 is 2.54 bits per heavy atom. The summed E-state index contributed by atoms with van der Waals surface area (Å²) in [6.45, 7) is 5.24. The van der Waals surface area contributed by atoms with Gasteiger partial charge in [0.15, 0.2) is 0 Å². The van der Waals surface area contributed by atoms with Crippen molar-refractivity contribution in [3.63, 3.8) is 0 Å². The van der Waals surface area contributed by atoms with Crippen LogP contribution in [0.1, 0.15) is 30.4 Å². The van der Waals surface area contributed by atoms with Gasteiger partial charge in [0.25, 0.3) is 0 Å². The fourth-order valence-corrected chi connectivity index (χ4v) is 4.50. The zero-order valence-electron chi connectivity index (χ0n) is 15.3. The molecule has 0 aliphatic carbocycles. The molecule has 1 aromatic rings. The molecule has 3 amide bonds. The van der Waals surface area contributed by atoms with Gasteiger partial charge in [-0.15, -0.1) is 0 Å². The Kier molecular flexibility index (Phi) is 4.85. The third kappa shape index (κ3) is 3.56. The molecule has 3 aliphatic rings. The number of nitrogens with one attached hydrogen (secondary N) is 2. The van der Waals surface area contributed by atoms with E-state index in [-0.39, 0.29) is 18.5 Å². The maximum absolute atomic E-state index is 12.5. The number of carbonyl (C=O) groups excluding carboxylic acids is 2. The predicted octanol–water partition coefficient (Wildman–Crippen LogP) is 1.36. The van der Waals surface area contributed by atoms with E-state index in [0.29, 0.717) is 18.5 Å². The monoisotopic (exact) mass is 356 g/mol. The number of urea groups is 1. The Morgan fingerprint density at radius 1 is 1.04 bits per heavy atom. The van der Waals surface area contributed by atoms with Gasteiger partial charge in [0, 0.05) is 32.7 Å². The highest BCUT2D eigenvalue weighted by Gasteiger charge is 2.38. The first kappa shape index (κ1) is 17.3. The summed E-state index contributed by atoms with van der Waals surface area (Å²) in [5.41, 5.74) is 2.92. The molecule has 1 spiro atoms. The summed E-state index contributed by atoms with van der Waals surface area (Å²) < 4.78 is 0. The van der Waals surface area contributed by atoms with Gasteiger partial charge in [0.1, 0.15) is 0 Å². The molecular weight excluding hydrogens is 328 g/mol. The van der Waals surface area contributed by atoms with Crippen molar-refractivity contribution < 1.29 is 9.59 Å². The Morgan fingerprint density at radius 2 is 1.81 bits per heavy atom. The SMILES string of the molecule is O=C(CNC(=O)N1CCc2ccccc2C1)N1CCC2(CCNC2)CC1. The third-order valence-corrected chi connectivity index (χ3v) is 6.32. The first-order valence-corrected chi connectivity index (χ1v) is 9.73. The summed E-state index contributed by atoms with van der Waals surface area (Å²) in [5, 5.41) is 6.27. The molecule has 0 bridgehead atoms. The Labute approximate surface area is 154 Å². The van der Waals surface area contributed by atoms with Crippen LogP contribution >= 0.6 is 0 Å². The summed E-state index contributed by atoms with van der Waals surface area (Å²) in [4.78, 5) is 28.6. The smallest absolute Gasteiger partial charge is 0.318 e. The van der Waals surface area contributed by atoms with E-state index in [1.54, 1.807) is 4.90 Å². The summed E-state index contributed by atoms with van der Waals surface area (Å²) >= 11 is 0. The maximum Gasteiger partial charge on any atom is 0.318 e. The largest absolute Gasteiger partial charge is 0.341 e. The number of nitrogens with zero attached hydrogens (tertiary/aromatic N) is 2. The van der Waals surface area contributed by atoms with E-state index in [1.165, 1.54) is 17.5 Å². The van der Waals surface area contributed by atoms with E-state index < -0.39 is 0 Å². The van der Waals surface area contributed by atoms with Crippen LogP contribution in [0.3, 0.4) is 0 Å². The third-order valence-electron chi connectivity index (χ3n) is 6.32. The molecule has 4 rings (SSSR count). The second kappa shape index (κ2) is 7.27. The van der Waals surface area contributed by atoms with Gasteiger partial charge < -0.3 is 20.4 Å². The Hall–Kier alpha value is -2.08. The molecule has 6 nitrogen and oxygen atoms in total. The molecule has 0 saturated carbocycles. The topological polar surface area (TPSA) is 64.7 Å². The quantitative estimate of drug-likeness (QED) is 0.841. The lowest BCUT2D eigenvalue weighted by molar-refractivity contribution is -0.132. The van der Waals surface area contributed by atoms with Crippen molar-refractivity contribution in [1.82, 2.24) is 20.4 Å². The van der Waals surface area contributed by atoms with E-state index in [1.807, 2.05) is 17.0 Å². The number of fused-ring (bicyclic) bond motifs is 1. The van der Waals surface area contributed by atoms with Gasteiger partial charge in [-0.1, -0.05) is 24.3 Å². The van der Waals surface area contributed by atoms with E-state index in [4.69, 9.17) is 0 Å². The van der Waals surface area contributed by atoms with Crippen molar-refractivity contribution in [3.05, 3.63) is 35.4 Å². The van der Waals surface area contributed by atoms with Crippen LogP contribution in [-0.2, 0) is 17.8 Å². The average molecular weight is 356 g/mol. The molecule has 26 heavy (non-hydrogen) atoms. The molecule has 6 heteroatoms. The Balaban J connectivity index is 1.24. The molecule has 140 valence electrons. The van der Waals surface area contributed by atoms with Gasteiger partial charge in [0.2, 0.25) is 5.91 Å². The van der Waals surface area contributed by atoms with Gasteiger partial charge >= 0.3 is 6.03 Å². The first-order chi connectivity index (χ1) is 12.7. The lowest BCUT2D eigenvalue weighted by Crippen LogP contribution is -2.49. The van der Waals surface area contributed by atoms with E-state index in [2.05, 4.69) is 22.8 Å². The number of carbonyl (C=O) groups is 2. The number of piperidine rings is 1. The van der Waals surface area contributed by atoms with Gasteiger partial charge in [-0.05, 0) is 48.8 Å².